The van der Waals surface area contributed by atoms with Crippen molar-refractivity contribution >= 4 is 51.7 Å². The molecule has 0 fully saturated rings. The van der Waals surface area contributed by atoms with Crippen LogP contribution in [0.25, 0.3) is 16.7 Å². The number of hydrogen-bond donors (Lipinski definition) is 4. The monoisotopic (exact) mass is 431 g/mol. The maximum Gasteiger partial charge on any atom is 0.267 e. The largest absolute Gasteiger partial charge is 0.382 e. The molecule has 6 N–H and O–H groups in total. The topological polar surface area (TPSA) is 153 Å². The number of nitrogen functional groups attached to an aromatic ring is 2. The number of aromatic nitrogens is 6. The smallest absolute Gasteiger partial charge is 0.267 e. The molecule has 12 heteroatoms. The van der Waals surface area contributed by atoms with Gasteiger partial charge in [-0.25, -0.2) is 9.55 Å². The highest BCUT2D eigenvalue weighted by atomic mass is 35.5. The summed E-state index contributed by atoms with van der Waals surface area (Å²) in [6, 6.07) is 6.13. The summed E-state index contributed by atoms with van der Waals surface area (Å²) in [5.41, 5.74) is 11.5. The molecule has 1 aromatic carbocycles. The number of halogens is 2. The van der Waals surface area contributed by atoms with Crippen LogP contribution in [0.1, 0.15) is 18.8 Å². The molecule has 29 heavy (non-hydrogen) atoms. The Hall–Kier alpha value is -3.37. The molecule has 0 aliphatic carbocycles. The highest BCUT2D eigenvalue weighted by molar-refractivity contribution is 6.35. The molecule has 3 heterocycles. The zero-order valence-corrected chi connectivity index (χ0v) is 16.5. The zero-order valence-electron chi connectivity index (χ0n) is 15.0. The average molecular weight is 432 g/mol. The van der Waals surface area contributed by atoms with Crippen LogP contribution in [0, 0.1) is 0 Å². The van der Waals surface area contributed by atoms with Crippen molar-refractivity contribution in [1.82, 2.24) is 29.7 Å². The Labute approximate surface area is 173 Å². The minimum atomic E-state index is -0.544. The number of aromatic amines is 1. The molecule has 0 aliphatic heterocycles. The fourth-order valence-corrected chi connectivity index (χ4v) is 3.29. The summed E-state index contributed by atoms with van der Waals surface area (Å²) >= 11 is 12.5. The number of rotatable bonds is 4. The van der Waals surface area contributed by atoms with Crippen LogP contribution in [0.2, 0.25) is 10.0 Å². The Morgan fingerprint density at radius 1 is 1.17 bits per heavy atom. The number of hydrogen-bond acceptors (Lipinski definition) is 8. The predicted octanol–water partition coefficient (Wildman–Crippen LogP) is 2.54. The second-order valence-electron chi connectivity index (χ2n) is 6.18. The summed E-state index contributed by atoms with van der Waals surface area (Å²) in [5.74, 6) is 1.01. The standard InChI is InChI=1S/C17H15Cl2N9O/c1-7(23-14-11(19)13(20)25-17(21)26-14)15-24-12-8(3-2-4-9(12)18)16(29)28(15)10-5-6-22-27-10/h2-7H,1H3,(H,22,27)(H5,20,21,23,25,26). The van der Waals surface area contributed by atoms with Gasteiger partial charge in [-0.3, -0.25) is 9.89 Å². The third-order valence-corrected chi connectivity index (χ3v) is 4.91. The Morgan fingerprint density at radius 2 is 1.97 bits per heavy atom. The predicted molar refractivity (Wildman–Crippen MR) is 112 cm³/mol. The number of nitrogens with one attached hydrogen (secondary N) is 2. The average Bonchev–Trinajstić information content (AvgIpc) is 3.20. The van der Waals surface area contributed by atoms with Crippen LogP contribution in [-0.4, -0.2) is 29.7 Å². The van der Waals surface area contributed by atoms with Crippen LogP contribution >= 0.6 is 23.2 Å². The molecule has 10 nitrogen and oxygen atoms in total. The molecule has 0 saturated heterocycles. The van der Waals surface area contributed by atoms with Crippen molar-refractivity contribution < 1.29 is 0 Å². The highest BCUT2D eigenvalue weighted by Gasteiger charge is 2.21. The third kappa shape index (κ3) is 3.32. The molecule has 0 spiro atoms. The van der Waals surface area contributed by atoms with E-state index in [4.69, 9.17) is 34.7 Å². The van der Waals surface area contributed by atoms with E-state index in [9.17, 15) is 4.79 Å². The number of nitrogens with two attached hydrogens (primary N) is 2. The van der Waals surface area contributed by atoms with E-state index in [-0.39, 0.29) is 28.2 Å². The maximum absolute atomic E-state index is 13.2. The van der Waals surface area contributed by atoms with E-state index in [1.807, 2.05) is 0 Å². The third-order valence-electron chi connectivity index (χ3n) is 4.24. The van der Waals surface area contributed by atoms with Gasteiger partial charge < -0.3 is 16.8 Å². The van der Waals surface area contributed by atoms with E-state index in [1.165, 1.54) is 10.8 Å². The van der Waals surface area contributed by atoms with Crippen molar-refractivity contribution in [2.45, 2.75) is 13.0 Å². The molecule has 0 amide bonds. The molecule has 4 aromatic rings. The van der Waals surface area contributed by atoms with Crippen LogP contribution in [0.4, 0.5) is 17.6 Å². The van der Waals surface area contributed by atoms with Crippen LogP contribution in [0.5, 0.6) is 0 Å². The summed E-state index contributed by atoms with van der Waals surface area (Å²) < 4.78 is 1.41. The second-order valence-corrected chi connectivity index (χ2v) is 6.97. The van der Waals surface area contributed by atoms with Crippen molar-refractivity contribution in [1.29, 1.82) is 0 Å². The lowest BCUT2D eigenvalue weighted by atomic mass is 10.2. The van der Waals surface area contributed by atoms with Gasteiger partial charge in [-0.2, -0.15) is 15.1 Å². The van der Waals surface area contributed by atoms with Crippen molar-refractivity contribution in [2.24, 2.45) is 0 Å². The van der Waals surface area contributed by atoms with E-state index in [1.54, 1.807) is 31.2 Å². The number of anilines is 3. The lowest BCUT2D eigenvalue weighted by molar-refractivity contribution is 0.720. The van der Waals surface area contributed by atoms with Crippen LogP contribution in [0.15, 0.2) is 35.3 Å². The quantitative estimate of drug-likeness (QED) is 0.384. The van der Waals surface area contributed by atoms with Crippen molar-refractivity contribution in [3.63, 3.8) is 0 Å². The lowest BCUT2D eigenvalue weighted by Gasteiger charge is -2.20. The summed E-state index contributed by atoms with van der Waals surface area (Å²) in [7, 11) is 0. The van der Waals surface area contributed by atoms with Crippen LogP contribution < -0.4 is 22.3 Å². The van der Waals surface area contributed by atoms with Crippen LogP contribution in [-0.2, 0) is 0 Å². The van der Waals surface area contributed by atoms with Crippen molar-refractivity contribution in [2.75, 3.05) is 16.8 Å². The Balaban J connectivity index is 1.91. The van der Waals surface area contributed by atoms with Gasteiger partial charge >= 0.3 is 0 Å². The highest BCUT2D eigenvalue weighted by Crippen LogP contribution is 2.29. The zero-order chi connectivity index (χ0) is 20.7. The Morgan fingerprint density at radius 3 is 2.69 bits per heavy atom. The number of nitrogens with zero attached hydrogens (tertiary/aromatic N) is 5. The molecule has 4 rings (SSSR count). The molecule has 0 aliphatic rings. The Bertz CT molecular complexity index is 1270. The molecule has 148 valence electrons. The number of para-hydroxylation sites is 1. The van der Waals surface area contributed by atoms with Gasteiger partial charge in [0.2, 0.25) is 5.95 Å². The first-order valence-corrected chi connectivity index (χ1v) is 9.18. The maximum atomic E-state index is 13.2. The number of H-pyrrole nitrogens is 1. The first kappa shape index (κ1) is 19.0. The van der Waals surface area contributed by atoms with Crippen molar-refractivity contribution in [3.05, 3.63) is 56.7 Å². The first-order valence-electron chi connectivity index (χ1n) is 8.42. The van der Waals surface area contributed by atoms with E-state index < -0.39 is 6.04 Å². The second kappa shape index (κ2) is 7.22. The lowest BCUT2D eigenvalue weighted by Crippen LogP contribution is -2.28. The fraction of sp³-hybridized carbons (Fsp3) is 0.118. The van der Waals surface area contributed by atoms with Crippen molar-refractivity contribution in [3.8, 4) is 5.82 Å². The van der Waals surface area contributed by atoms with E-state index in [2.05, 4.69) is 30.5 Å². The molecule has 1 unspecified atom stereocenters. The molecule has 0 bridgehead atoms. The molecular weight excluding hydrogens is 417 g/mol. The van der Waals surface area contributed by atoms with Gasteiger partial charge in [0.15, 0.2) is 5.82 Å². The van der Waals surface area contributed by atoms with E-state index >= 15 is 0 Å². The van der Waals surface area contributed by atoms with Gasteiger partial charge in [0.25, 0.3) is 5.56 Å². The van der Waals surface area contributed by atoms with Gasteiger partial charge in [-0.1, -0.05) is 29.3 Å². The summed E-state index contributed by atoms with van der Waals surface area (Å²) in [4.78, 5) is 25.7. The first-order chi connectivity index (χ1) is 13.9. The van der Waals surface area contributed by atoms with Gasteiger partial charge in [0, 0.05) is 6.07 Å². The van der Waals surface area contributed by atoms with Gasteiger partial charge in [0.05, 0.1) is 28.2 Å². The van der Waals surface area contributed by atoms with Gasteiger partial charge in [0.1, 0.15) is 22.5 Å². The molecule has 0 saturated carbocycles. The van der Waals surface area contributed by atoms with Gasteiger partial charge in [-0.15, -0.1) is 0 Å². The van der Waals surface area contributed by atoms with E-state index in [0.29, 0.717) is 27.6 Å². The minimum Gasteiger partial charge on any atom is -0.382 e. The molecular formula is C17H15Cl2N9O. The number of benzene rings is 1. The molecule has 3 aromatic heterocycles. The summed E-state index contributed by atoms with van der Waals surface area (Å²) in [6.45, 7) is 1.78. The summed E-state index contributed by atoms with van der Waals surface area (Å²) in [5, 5.41) is 10.6. The number of fused-ring (bicyclic) bond motifs is 1. The SMILES string of the molecule is CC(Nc1nc(N)nc(N)c1Cl)c1nc2c(Cl)cccc2c(=O)n1-c1ccn[nH]1. The molecule has 1 atom stereocenters. The minimum absolute atomic E-state index is 0.0364. The Kier molecular flexibility index (Phi) is 4.73. The summed E-state index contributed by atoms with van der Waals surface area (Å²) in [6.07, 6.45) is 1.54. The van der Waals surface area contributed by atoms with Gasteiger partial charge in [-0.05, 0) is 19.1 Å². The van der Waals surface area contributed by atoms with Crippen LogP contribution in [0.3, 0.4) is 0 Å². The fourth-order valence-electron chi connectivity index (χ4n) is 2.93. The normalized spacial score (nSPS) is 12.2. The molecule has 0 radical (unpaired) electrons. The van der Waals surface area contributed by atoms with E-state index in [0.717, 1.165) is 0 Å².